The first-order valence-corrected chi connectivity index (χ1v) is 7.36. The van der Waals surface area contributed by atoms with Crippen molar-refractivity contribution in [2.45, 2.75) is 6.92 Å². The largest absolute Gasteiger partial charge is 0.483 e. The van der Waals surface area contributed by atoms with Crippen LogP contribution in [0.1, 0.15) is 5.56 Å². The van der Waals surface area contributed by atoms with E-state index in [1.165, 1.54) is 0 Å². The Hall–Kier alpha value is -1.72. The van der Waals surface area contributed by atoms with Crippen molar-refractivity contribution >= 4 is 44.8 Å². The molecule has 3 N–H and O–H groups in total. The average Bonchev–Trinajstić information content (AvgIpc) is 2.41. The molecule has 110 valence electrons. The first-order valence-electron chi connectivity index (χ1n) is 6.19. The Morgan fingerprint density at radius 1 is 1.33 bits per heavy atom. The van der Waals surface area contributed by atoms with Gasteiger partial charge in [-0.2, -0.15) is 0 Å². The van der Waals surface area contributed by atoms with E-state index in [0.717, 1.165) is 10.0 Å². The summed E-state index contributed by atoms with van der Waals surface area (Å²) < 4.78 is 6.27. The lowest BCUT2D eigenvalue weighted by Gasteiger charge is -2.10. The fourth-order valence-corrected chi connectivity index (χ4v) is 2.53. The first-order chi connectivity index (χ1) is 9.95. The van der Waals surface area contributed by atoms with Gasteiger partial charge >= 0.3 is 0 Å². The number of hydrogen-bond donors (Lipinski definition) is 2. The van der Waals surface area contributed by atoms with E-state index in [1.807, 2.05) is 25.1 Å². The third kappa shape index (κ3) is 4.37. The molecule has 2 rings (SSSR count). The number of nitrogens with two attached hydrogens (primary N) is 1. The number of hydrogen-bond acceptors (Lipinski definition) is 3. The van der Waals surface area contributed by atoms with Crippen molar-refractivity contribution in [1.29, 1.82) is 0 Å². The highest BCUT2D eigenvalue weighted by Crippen LogP contribution is 2.26. The second-order valence-corrected chi connectivity index (χ2v) is 5.77. The van der Waals surface area contributed by atoms with Crippen LogP contribution < -0.4 is 15.8 Å². The highest BCUT2D eigenvalue weighted by Gasteiger charge is 2.08. The van der Waals surface area contributed by atoms with E-state index >= 15 is 0 Å². The molecule has 6 heteroatoms. The van der Waals surface area contributed by atoms with Crippen LogP contribution in [0.25, 0.3) is 0 Å². The lowest BCUT2D eigenvalue weighted by atomic mass is 10.2. The summed E-state index contributed by atoms with van der Waals surface area (Å²) in [5.74, 6) is 0.313. The van der Waals surface area contributed by atoms with Gasteiger partial charge in [0.1, 0.15) is 5.75 Å². The number of rotatable bonds is 4. The Bertz CT molecular complexity index is 677. The van der Waals surface area contributed by atoms with E-state index in [-0.39, 0.29) is 12.5 Å². The van der Waals surface area contributed by atoms with Crippen LogP contribution in [0.4, 0.5) is 11.4 Å². The van der Waals surface area contributed by atoms with Gasteiger partial charge in [-0.15, -0.1) is 0 Å². The summed E-state index contributed by atoms with van der Waals surface area (Å²) in [6.45, 7) is 1.87. The lowest BCUT2D eigenvalue weighted by molar-refractivity contribution is -0.118. The van der Waals surface area contributed by atoms with Crippen LogP contribution >= 0.6 is 27.5 Å². The monoisotopic (exact) mass is 368 g/mol. The number of halogens is 2. The Morgan fingerprint density at radius 2 is 2.10 bits per heavy atom. The molecule has 0 saturated carbocycles. The van der Waals surface area contributed by atoms with Crippen molar-refractivity contribution in [2.75, 3.05) is 17.7 Å². The fraction of sp³-hybridized carbons (Fsp3) is 0.133. The quantitative estimate of drug-likeness (QED) is 0.800. The molecule has 0 bridgehead atoms. The molecule has 0 unspecified atom stereocenters. The number of benzene rings is 2. The molecule has 0 aliphatic carbocycles. The molecule has 0 spiro atoms. The van der Waals surface area contributed by atoms with Crippen LogP contribution in [0.15, 0.2) is 40.9 Å². The zero-order chi connectivity index (χ0) is 15.4. The summed E-state index contributed by atoms with van der Waals surface area (Å²) in [7, 11) is 0. The van der Waals surface area contributed by atoms with Crippen molar-refractivity contribution < 1.29 is 9.53 Å². The van der Waals surface area contributed by atoms with Crippen LogP contribution in [-0.4, -0.2) is 12.5 Å². The highest BCUT2D eigenvalue weighted by atomic mass is 79.9. The Labute approximate surface area is 136 Å². The predicted octanol–water partition coefficient (Wildman–Crippen LogP) is 4.01. The smallest absolute Gasteiger partial charge is 0.262 e. The first kappa shape index (κ1) is 15.7. The number of amides is 1. The molecule has 2 aromatic rings. The molecule has 4 nitrogen and oxygen atoms in total. The number of carbonyl (C=O) groups is 1. The van der Waals surface area contributed by atoms with Crippen LogP contribution in [0.3, 0.4) is 0 Å². The average molecular weight is 370 g/mol. The van der Waals surface area contributed by atoms with Crippen LogP contribution in [-0.2, 0) is 4.79 Å². The van der Waals surface area contributed by atoms with E-state index in [0.29, 0.717) is 22.1 Å². The van der Waals surface area contributed by atoms with Gasteiger partial charge in [0.2, 0.25) is 0 Å². The Kier molecular flexibility index (Phi) is 5.09. The molecule has 0 atom stereocenters. The third-order valence-electron chi connectivity index (χ3n) is 2.71. The second-order valence-electron chi connectivity index (χ2n) is 4.51. The number of nitrogen functional groups attached to an aromatic ring is 1. The van der Waals surface area contributed by atoms with Crippen LogP contribution in [0.2, 0.25) is 5.02 Å². The third-order valence-corrected chi connectivity index (χ3v) is 3.65. The van der Waals surface area contributed by atoms with Crippen molar-refractivity contribution in [1.82, 2.24) is 0 Å². The van der Waals surface area contributed by atoms with Gasteiger partial charge in [-0.1, -0.05) is 17.7 Å². The van der Waals surface area contributed by atoms with E-state index < -0.39 is 0 Å². The molecule has 1 amide bonds. The van der Waals surface area contributed by atoms with E-state index in [9.17, 15) is 4.79 Å². The van der Waals surface area contributed by atoms with Gasteiger partial charge in [-0.25, -0.2) is 0 Å². The molecule has 0 fully saturated rings. The van der Waals surface area contributed by atoms with Crippen molar-refractivity contribution in [3.63, 3.8) is 0 Å². The van der Waals surface area contributed by atoms with Gasteiger partial charge in [-0.3, -0.25) is 4.79 Å². The van der Waals surface area contributed by atoms with Crippen molar-refractivity contribution in [2.24, 2.45) is 0 Å². The fourth-order valence-electron chi connectivity index (χ4n) is 1.69. The van der Waals surface area contributed by atoms with E-state index in [2.05, 4.69) is 21.2 Å². The van der Waals surface area contributed by atoms with Crippen LogP contribution in [0.5, 0.6) is 5.75 Å². The summed E-state index contributed by atoms with van der Waals surface area (Å²) in [6, 6.07) is 10.5. The summed E-state index contributed by atoms with van der Waals surface area (Å²) in [5, 5.41) is 3.06. The molecular formula is C15H14BrClN2O2. The predicted molar refractivity (Wildman–Crippen MR) is 88.9 cm³/mol. The molecule has 0 aromatic heterocycles. The molecule has 0 aliphatic rings. The Balaban J connectivity index is 1.96. The summed E-state index contributed by atoms with van der Waals surface area (Å²) in [5.41, 5.74) is 7.74. The number of nitrogens with one attached hydrogen (secondary N) is 1. The SMILES string of the molecule is Cc1ccc(OCC(=O)Nc2ccc(N)cc2Cl)c(Br)c1. The number of aryl methyl sites for hydroxylation is 1. The molecule has 0 saturated heterocycles. The molecule has 2 aromatic carbocycles. The molecule has 0 aliphatic heterocycles. The number of anilines is 2. The summed E-state index contributed by atoms with van der Waals surface area (Å²) in [4.78, 5) is 11.9. The zero-order valence-electron chi connectivity index (χ0n) is 11.3. The van der Waals surface area contributed by atoms with Gasteiger partial charge in [0.25, 0.3) is 5.91 Å². The minimum absolute atomic E-state index is 0.109. The second kappa shape index (κ2) is 6.83. The minimum atomic E-state index is -0.297. The molecule has 0 heterocycles. The Morgan fingerprint density at radius 3 is 2.76 bits per heavy atom. The highest BCUT2D eigenvalue weighted by molar-refractivity contribution is 9.10. The van der Waals surface area contributed by atoms with Crippen LogP contribution in [0, 0.1) is 6.92 Å². The summed E-state index contributed by atoms with van der Waals surface area (Å²) >= 11 is 9.38. The molecule has 21 heavy (non-hydrogen) atoms. The van der Waals surface area contributed by atoms with Gasteiger partial charge in [0.15, 0.2) is 6.61 Å². The van der Waals surface area contributed by atoms with Gasteiger partial charge in [-0.05, 0) is 58.7 Å². The number of ether oxygens (including phenoxy) is 1. The van der Waals surface area contributed by atoms with Gasteiger partial charge in [0, 0.05) is 5.69 Å². The molecular weight excluding hydrogens is 356 g/mol. The van der Waals surface area contributed by atoms with E-state index in [1.54, 1.807) is 18.2 Å². The van der Waals surface area contributed by atoms with Gasteiger partial charge < -0.3 is 15.8 Å². The number of carbonyl (C=O) groups excluding carboxylic acids is 1. The van der Waals surface area contributed by atoms with E-state index in [4.69, 9.17) is 22.1 Å². The maximum absolute atomic E-state index is 11.9. The molecule has 0 radical (unpaired) electrons. The van der Waals surface area contributed by atoms with Crippen molar-refractivity contribution in [3.8, 4) is 5.75 Å². The van der Waals surface area contributed by atoms with Crippen molar-refractivity contribution in [3.05, 3.63) is 51.5 Å². The maximum Gasteiger partial charge on any atom is 0.262 e. The lowest BCUT2D eigenvalue weighted by Crippen LogP contribution is -2.20. The maximum atomic E-state index is 11.9. The minimum Gasteiger partial charge on any atom is -0.483 e. The standard InChI is InChI=1S/C15H14BrClN2O2/c1-9-2-5-14(11(16)6-9)21-8-15(20)19-13-4-3-10(18)7-12(13)17/h2-7H,8,18H2,1H3,(H,19,20). The summed E-state index contributed by atoms with van der Waals surface area (Å²) in [6.07, 6.45) is 0. The normalized spacial score (nSPS) is 10.2. The van der Waals surface area contributed by atoms with Gasteiger partial charge in [0.05, 0.1) is 15.2 Å². The zero-order valence-corrected chi connectivity index (χ0v) is 13.7. The topological polar surface area (TPSA) is 64.3 Å².